The molecular weight excluding hydrogens is 318 g/mol. The van der Waals surface area contributed by atoms with Crippen molar-refractivity contribution in [1.29, 1.82) is 0 Å². The maximum atomic E-state index is 12.3. The first-order valence-electron chi connectivity index (χ1n) is 9.20. The number of likely N-dealkylation sites (tertiary alicyclic amines) is 1. The van der Waals surface area contributed by atoms with Gasteiger partial charge < -0.3 is 25.0 Å². The Balaban J connectivity index is 1.43. The molecule has 1 atom stereocenters. The molecule has 0 saturated carbocycles. The molecule has 25 heavy (non-hydrogen) atoms. The van der Waals surface area contributed by atoms with Crippen LogP contribution in [-0.4, -0.2) is 56.4 Å². The number of nitrogens with one attached hydrogen (secondary N) is 2. The molecule has 0 aliphatic carbocycles. The minimum atomic E-state index is -0.145. The van der Waals surface area contributed by atoms with Crippen LogP contribution in [0.4, 0.5) is 10.5 Å². The first kappa shape index (κ1) is 18.0. The van der Waals surface area contributed by atoms with Crippen LogP contribution in [0, 0.1) is 6.92 Å². The Morgan fingerprint density at radius 1 is 1.32 bits per heavy atom. The topological polar surface area (TPSA) is 62.8 Å². The number of anilines is 1. The molecule has 6 heteroatoms. The fourth-order valence-electron chi connectivity index (χ4n) is 3.54. The van der Waals surface area contributed by atoms with E-state index in [2.05, 4.69) is 15.5 Å². The second kappa shape index (κ2) is 8.54. The summed E-state index contributed by atoms with van der Waals surface area (Å²) in [5.41, 5.74) is 1.80. The van der Waals surface area contributed by atoms with Gasteiger partial charge in [0.1, 0.15) is 5.75 Å². The van der Waals surface area contributed by atoms with E-state index >= 15 is 0 Å². The Kier molecular flexibility index (Phi) is 6.15. The lowest BCUT2D eigenvalue weighted by atomic mass is 10.0. The molecule has 3 rings (SSSR count). The van der Waals surface area contributed by atoms with Crippen molar-refractivity contribution < 1.29 is 14.3 Å². The van der Waals surface area contributed by atoms with Gasteiger partial charge in [0.2, 0.25) is 0 Å². The number of methoxy groups -OCH3 is 1. The molecule has 1 aromatic carbocycles. The van der Waals surface area contributed by atoms with Crippen molar-refractivity contribution in [2.45, 2.75) is 44.8 Å². The zero-order valence-electron chi connectivity index (χ0n) is 15.2. The second-order valence-electron chi connectivity index (χ2n) is 6.99. The van der Waals surface area contributed by atoms with Gasteiger partial charge in [0.05, 0.1) is 13.2 Å². The highest BCUT2D eigenvalue weighted by atomic mass is 16.5. The Morgan fingerprint density at radius 2 is 2.12 bits per heavy atom. The normalized spacial score (nSPS) is 21.9. The molecule has 1 unspecified atom stereocenters. The minimum absolute atomic E-state index is 0.145. The standard InChI is InChI=1S/C19H29N3O3/c1-14-5-6-16(24-2)12-18(14)21-19(23)20-15-7-9-22(10-8-15)13-17-4-3-11-25-17/h5-6,12,15,17H,3-4,7-11,13H2,1-2H3,(H2,20,21,23). The summed E-state index contributed by atoms with van der Waals surface area (Å²) in [5.74, 6) is 0.739. The van der Waals surface area contributed by atoms with E-state index < -0.39 is 0 Å². The average molecular weight is 347 g/mol. The van der Waals surface area contributed by atoms with E-state index in [0.29, 0.717) is 6.10 Å². The van der Waals surface area contributed by atoms with Crippen LogP contribution in [0.3, 0.4) is 0 Å². The number of benzene rings is 1. The maximum Gasteiger partial charge on any atom is 0.319 e. The molecule has 2 N–H and O–H groups in total. The van der Waals surface area contributed by atoms with Crippen LogP contribution in [0.25, 0.3) is 0 Å². The Bertz CT molecular complexity index is 579. The van der Waals surface area contributed by atoms with Gasteiger partial charge in [0.15, 0.2) is 0 Å². The highest BCUT2D eigenvalue weighted by Crippen LogP contribution is 2.22. The largest absolute Gasteiger partial charge is 0.497 e. The molecule has 2 heterocycles. The summed E-state index contributed by atoms with van der Waals surface area (Å²) in [6, 6.07) is 5.76. The van der Waals surface area contributed by atoms with Crippen LogP contribution in [-0.2, 0) is 4.74 Å². The summed E-state index contributed by atoms with van der Waals surface area (Å²) in [7, 11) is 1.62. The third-order valence-corrected chi connectivity index (χ3v) is 5.10. The minimum Gasteiger partial charge on any atom is -0.497 e. The van der Waals surface area contributed by atoms with E-state index in [9.17, 15) is 4.79 Å². The van der Waals surface area contributed by atoms with Crippen molar-refractivity contribution in [3.63, 3.8) is 0 Å². The average Bonchev–Trinajstić information content (AvgIpc) is 3.11. The smallest absolute Gasteiger partial charge is 0.319 e. The number of urea groups is 1. The summed E-state index contributed by atoms with van der Waals surface area (Å²) < 4.78 is 10.9. The van der Waals surface area contributed by atoms with Gasteiger partial charge in [-0.1, -0.05) is 6.07 Å². The Hall–Kier alpha value is -1.79. The summed E-state index contributed by atoms with van der Waals surface area (Å²) in [6.45, 7) is 5.94. The fraction of sp³-hybridized carbons (Fsp3) is 0.632. The van der Waals surface area contributed by atoms with Crippen LogP contribution in [0.15, 0.2) is 18.2 Å². The molecule has 2 aliphatic heterocycles. The van der Waals surface area contributed by atoms with Crippen LogP contribution in [0.2, 0.25) is 0 Å². The lowest BCUT2D eigenvalue weighted by Crippen LogP contribution is -2.47. The van der Waals surface area contributed by atoms with E-state index in [4.69, 9.17) is 9.47 Å². The van der Waals surface area contributed by atoms with E-state index in [1.165, 1.54) is 12.8 Å². The molecule has 0 bridgehead atoms. The Morgan fingerprint density at radius 3 is 2.80 bits per heavy atom. The van der Waals surface area contributed by atoms with Crippen LogP contribution < -0.4 is 15.4 Å². The van der Waals surface area contributed by atoms with E-state index in [0.717, 1.165) is 56.1 Å². The number of piperidine rings is 1. The molecule has 1 aromatic rings. The van der Waals surface area contributed by atoms with Gasteiger partial charge >= 0.3 is 6.03 Å². The van der Waals surface area contributed by atoms with E-state index in [1.807, 2.05) is 25.1 Å². The van der Waals surface area contributed by atoms with Crippen LogP contribution in [0.5, 0.6) is 5.75 Å². The lowest BCUT2D eigenvalue weighted by Gasteiger charge is -2.33. The van der Waals surface area contributed by atoms with Gasteiger partial charge in [-0.2, -0.15) is 0 Å². The van der Waals surface area contributed by atoms with Crippen molar-refractivity contribution in [2.75, 3.05) is 38.7 Å². The molecule has 0 spiro atoms. The molecular formula is C19H29N3O3. The van der Waals surface area contributed by atoms with Crippen molar-refractivity contribution in [1.82, 2.24) is 10.2 Å². The number of rotatable bonds is 5. The first-order valence-corrected chi connectivity index (χ1v) is 9.20. The molecule has 0 radical (unpaired) electrons. The van der Waals surface area contributed by atoms with Gasteiger partial charge in [-0.3, -0.25) is 0 Å². The molecule has 2 fully saturated rings. The molecule has 2 aliphatic rings. The SMILES string of the molecule is COc1ccc(C)c(NC(=O)NC2CCN(CC3CCCO3)CC2)c1. The zero-order valence-corrected chi connectivity index (χ0v) is 15.2. The predicted octanol–water partition coefficient (Wildman–Crippen LogP) is 2.77. The number of aryl methyl sites for hydroxylation is 1. The highest BCUT2D eigenvalue weighted by molar-refractivity contribution is 5.90. The number of hydrogen-bond donors (Lipinski definition) is 2. The lowest BCUT2D eigenvalue weighted by molar-refractivity contribution is 0.0633. The Labute approximate surface area is 149 Å². The fourth-order valence-corrected chi connectivity index (χ4v) is 3.54. The molecule has 2 saturated heterocycles. The number of ether oxygens (including phenoxy) is 2. The van der Waals surface area contributed by atoms with Crippen molar-refractivity contribution in [2.24, 2.45) is 0 Å². The van der Waals surface area contributed by atoms with Crippen molar-refractivity contribution in [3.8, 4) is 5.75 Å². The van der Waals surface area contributed by atoms with Gasteiger partial charge in [-0.15, -0.1) is 0 Å². The summed E-state index contributed by atoms with van der Waals surface area (Å²) in [4.78, 5) is 14.8. The molecule has 6 nitrogen and oxygen atoms in total. The number of nitrogens with zero attached hydrogens (tertiary/aromatic N) is 1. The first-order chi connectivity index (χ1) is 12.1. The van der Waals surface area contributed by atoms with E-state index in [-0.39, 0.29) is 12.1 Å². The predicted molar refractivity (Wildman–Crippen MR) is 98.3 cm³/mol. The van der Waals surface area contributed by atoms with Crippen molar-refractivity contribution >= 4 is 11.7 Å². The zero-order chi connectivity index (χ0) is 17.6. The number of carbonyl (C=O) groups is 1. The van der Waals surface area contributed by atoms with E-state index in [1.54, 1.807) is 7.11 Å². The summed E-state index contributed by atoms with van der Waals surface area (Å²) >= 11 is 0. The number of hydrogen-bond acceptors (Lipinski definition) is 4. The molecule has 138 valence electrons. The highest BCUT2D eigenvalue weighted by Gasteiger charge is 2.24. The van der Waals surface area contributed by atoms with Gasteiger partial charge in [0, 0.05) is 44.0 Å². The number of amides is 2. The summed E-state index contributed by atoms with van der Waals surface area (Å²) in [5, 5.41) is 6.04. The number of carbonyl (C=O) groups excluding carboxylic acids is 1. The second-order valence-corrected chi connectivity index (χ2v) is 6.99. The van der Waals surface area contributed by atoms with Gasteiger partial charge in [0.25, 0.3) is 0 Å². The summed E-state index contributed by atoms with van der Waals surface area (Å²) in [6.07, 6.45) is 4.74. The van der Waals surface area contributed by atoms with Crippen LogP contribution in [0.1, 0.15) is 31.2 Å². The third-order valence-electron chi connectivity index (χ3n) is 5.10. The van der Waals surface area contributed by atoms with Gasteiger partial charge in [-0.05, 0) is 44.2 Å². The van der Waals surface area contributed by atoms with Crippen molar-refractivity contribution in [3.05, 3.63) is 23.8 Å². The maximum absolute atomic E-state index is 12.3. The third kappa shape index (κ3) is 5.09. The molecule has 2 amide bonds. The molecule has 0 aromatic heterocycles. The quantitative estimate of drug-likeness (QED) is 0.860. The van der Waals surface area contributed by atoms with Gasteiger partial charge in [-0.25, -0.2) is 4.79 Å². The monoisotopic (exact) mass is 347 g/mol. The van der Waals surface area contributed by atoms with Crippen LogP contribution >= 0.6 is 0 Å².